The molecule has 0 N–H and O–H groups in total. The van der Waals surface area contributed by atoms with E-state index in [9.17, 15) is 4.79 Å². The quantitative estimate of drug-likeness (QED) is 0.379. The molecule has 3 rings (SSSR count). The number of carbonyl (C=O) groups is 1. The minimum Gasteiger partial charge on any atom is -0.454 e. The minimum atomic E-state index is -0.346. The summed E-state index contributed by atoms with van der Waals surface area (Å²) >= 11 is 0. The highest BCUT2D eigenvalue weighted by molar-refractivity contribution is 5.87. The maximum Gasteiger partial charge on any atom is 0.331 e. The number of hydrogen-bond acceptors (Lipinski definition) is 2. The van der Waals surface area contributed by atoms with Crippen LogP contribution in [0, 0.1) is 0 Å². The molecule has 0 aliphatic carbocycles. The highest BCUT2D eigenvalue weighted by Crippen LogP contribution is 2.22. The normalized spacial score (nSPS) is 12.3. The third-order valence-electron chi connectivity index (χ3n) is 4.10. The Hall–Kier alpha value is -3.39. The van der Waals surface area contributed by atoms with E-state index in [-0.39, 0.29) is 12.1 Å². The summed E-state index contributed by atoms with van der Waals surface area (Å²) in [5, 5.41) is 0. The second-order valence-electron chi connectivity index (χ2n) is 6.13. The number of hydrogen-bond donors (Lipinski definition) is 0. The van der Waals surface area contributed by atoms with E-state index >= 15 is 0 Å². The van der Waals surface area contributed by atoms with E-state index in [1.54, 1.807) is 6.08 Å². The summed E-state index contributed by atoms with van der Waals surface area (Å²) in [7, 11) is 0. The Morgan fingerprint density at radius 1 is 0.741 bits per heavy atom. The fourth-order valence-electron chi connectivity index (χ4n) is 2.72. The standard InChI is InChI=1S/C25H22O2/c26-25(20-19-22-13-6-2-7-14-22)27-24(23-16-8-3-9-17-23)18-10-15-21-11-4-1-5-12-21/h1-17,19-20,24H,18H2/b15-10+,20-19+. The first-order valence-electron chi connectivity index (χ1n) is 9.01. The molecule has 0 aliphatic rings. The number of ether oxygens (including phenoxy) is 1. The van der Waals surface area contributed by atoms with Crippen molar-refractivity contribution in [3.05, 3.63) is 120 Å². The molecule has 0 aromatic heterocycles. The average molecular weight is 354 g/mol. The Balaban J connectivity index is 1.67. The first-order valence-corrected chi connectivity index (χ1v) is 9.01. The summed E-state index contributed by atoms with van der Waals surface area (Å²) in [6.07, 6.45) is 7.63. The Kier molecular flexibility index (Phi) is 6.77. The van der Waals surface area contributed by atoms with Crippen LogP contribution < -0.4 is 0 Å². The smallest absolute Gasteiger partial charge is 0.331 e. The summed E-state index contributed by atoms with van der Waals surface area (Å²) in [6, 6.07) is 29.6. The second kappa shape index (κ2) is 9.93. The predicted octanol–water partition coefficient (Wildman–Crippen LogP) is 6.09. The lowest BCUT2D eigenvalue weighted by Gasteiger charge is -2.16. The maximum absolute atomic E-state index is 12.3. The monoisotopic (exact) mass is 354 g/mol. The van der Waals surface area contributed by atoms with Gasteiger partial charge in [-0.05, 0) is 22.8 Å². The van der Waals surface area contributed by atoms with E-state index in [4.69, 9.17) is 4.74 Å². The number of carbonyl (C=O) groups excluding carboxylic acids is 1. The molecular weight excluding hydrogens is 332 g/mol. The maximum atomic E-state index is 12.3. The molecule has 1 unspecified atom stereocenters. The molecule has 0 aliphatic heterocycles. The van der Waals surface area contributed by atoms with Gasteiger partial charge in [-0.15, -0.1) is 0 Å². The molecule has 0 amide bonds. The fraction of sp³-hybridized carbons (Fsp3) is 0.0800. The number of rotatable bonds is 7. The molecule has 0 spiro atoms. The van der Waals surface area contributed by atoms with Crippen molar-refractivity contribution in [3.8, 4) is 0 Å². The molecule has 0 radical (unpaired) electrons. The van der Waals surface area contributed by atoms with Gasteiger partial charge in [0.2, 0.25) is 0 Å². The predicted molar refractivity (Wildman–Crippen MR) is 111 cm³/mol. The van der Waals surface area contributed by atoms with Gasteiger partial charge >= 0.3 is 5.97 Å². The van der Waals surface area contributed by atoms with E-state index in [1.165, 1.54) is 6.08 Å². The summed E-state index contributed by atoms with van der Waals surface area (Å²) in [6.45, 7) is 0. The van der Waals surface area contributed by atoms with Crippen molar-refractivity contribution >= 4 is 18.1 Å². The van der Waals surface area contributed by atoms with Crippen LogP contribution in [0.1, 0.15) is 29.2 Å². The Bertz CT molecular complexity index is 881. The van der Waals surface area contributed by atoms with E-state index in [0.29, 0.717) is 6.42 Å². The highest BCUT2D eigenvalue weighted by Gasteiger charge is 2.13. The molecule has 134 valence electrons. The molecule has 0 saturated carbocycles. The second-order valence-corrected chi connectivity index (χ2v) is 6.13. The number of esters is 1. The zero-order valence-electron chi connectivity index (χ0n) is 15.1. The zero-order chi connectivity index (χ0) is 18.7. The molecule has 2 heteroatoms. The molecule has 0 fully saturated rings. The van der Waals surface area contributed by atoms with Gasteiger partial charge in [0, 0.05) is 12.5 Å². The van der Waals surface area contributed by atoms with Crippen molar-refractivity contribution in [1.29, 1.82) is 0 Å². The van der Waals surface area contributed by atoms with Gasteiger partial charge < -0.3 is 4.74 Å². The molecule has 0 saturated heterocycles. The first kappa shape index (κ1) is 18.4. The van der Waals surface area contributed by atoms with Gasteiger partial charge in [-0.3, -0.25) is 0 Å². The van der Waals surface area contributed by atoms with Gasteiger partial charge in [-0.2, -0.15) is 0 Å². The van der Waals surface area contributed by atoms with E-state index in [2.05, 4.69) is 0 Å². The first-order chi connectivity index (χ1) is 13.3. The fourth-order valence-corrected chi connectivity index (χ4v) is 2.72. The molecule has 2 nitrogen and oxygen atoms in total. The Morgan fingerprint density at radius 3 is 1.85 bits per heavy atom. The molecule has 0 heterocycles. The van der Waals surface area contributed by atoms with Gasteiger partial charge in [0.25, 0.3) is 0 Å². The molecular formula is C25H22O2. The Morgan fingerprint density at radius 2 is 1.26 bits per heavy atom. The topological polar surface area (TPSA) is 26.3 Å². The average Bonchev–Trinajstić information content (AvgIpc) is 2.74. The van der Waals surface area contributed by atoms with Crippen LogP contribution in [0.3, 0.4) is 0 Å². The SMILES string of the molecule is O=C(/C=C/c1ccccc1)OC(C/C=C/c1ccccc1)c1ccccc1. The third kappa shape index (κ3) is 6.12. The van der Waals surface area contributed by atoms with Crippen LogP contribution in [0.5, 0.6) is 0 Å². The van der Waals surface area contributed by atoms with Crippen LogP contribution in [0.2, 0.25) is 0 Å². The molecule has 27 heavy (non-hydrogen) atoms. The van der Waals surface area contributed by atoms with Crippen molar-refractivity contribution in [3.63, 3.8) is 0 Å². The van der Waals surface area contributed by atoms with Crippen LogP contribution in [-0.4, -0.2) is 5.97 Å². The van der Waals surface area contributed by atoms with Gasteiger partial charge in [-0.1, -0.05) is 103 Å². The summed E-state index contributed by atoms with van der Waals surface area (Å²) < 4.78 is 5.72. The molecule has 0 bridgehead atoms. The van der Waals surface area contributed by atoms with E-state index in [0.717, 1.165) is 16.7 Å². The van der Waals surface area contributed by atoms with Crippen LogP contribution in [0.15, 0.2) is 103 Å². The van der Waals surface area contributed by atoms with Crippen LogP contribution in [0.4, 0.5) is 0 Å². The van der Waals surface area contributed by atoms with Gasteiger partial charge in [0.05, 0.1) is 0 Å². The summed E-state index contributed by atoms with van der Waals surface area (Å²) in [4.78, 5) is 12.3. The van der Waals surface area contributed by atoms with Crippen molar-refractivity contribution < 1.29 is 9.53 Å². The number of benzene rings is 3. The summed E-state index contributed by atoms with van der Waals surface area (Å²) in [5.74, 6) is -0.346. The van der Waals surface area contributed by atoms with E-state index < -0.39 is 0 Å². The van der Waals surface area contributed by atoms with Crippen molar-refractivity contribution in [1.82, 2.24) is 0 Å². The van der Waals surface area contributed by atoms with Crippen LogP contribution >= 0.6 is 0 Å². The van der Waals surface area contributed by atoms with Crippen LogP contribution in [-0.2, 0) is 9.53 Å². The Labute approximate surface area is 160 Å². The van der Waals surface area contributed by atoms with E-state index in [1.807, 2.05) is 103 Å². The van der Waals surface area contributed by atoms with Crippen molar-refractivity contribution in [2.24, 2.45) is 0 Å². The molecule has 3 aromatic carbocycles. The minimum absolute atomic E-state index is 0.320. The molecule has 1 atom stereocenters. The lowest BCUT2D eigenvalue weighted by atomic mass is 10.1. The van der Waals surface area contributed by atoms with Gasteiger partial charge in [0.1, 0.15) is 6.10 Å². The van der Waals surface area contributed by atoms with Gasteiger partial charge in [-0.25, -0.2) is 4.79 Å². The lowest BCUT2D eigenvalue weighted by Crippen LogP contribution is -2.08. The third-order valence-corrected chi connectivity index (χ3v) is 4.10. The van der Waals surface area contributed by atoms with Crippen LogP contribution in [0.25, 0.3) is 12.2 Å². The largest absolute Gasteiger partial charge is 0.454 e. The zero-order valence-corrected chi connectivity index (χ0v) is 15.1. The van der Waals surface area contributed by atoms with Crippen molar-refractivity contribution in [2.75, 3.05) is 0 Å². The van der Waals surface area contributed by atoms with Crippen molar-refractivity contribution in [2.45, 2.75) is 12.5 Å². The van der Waals surface area contributed by atoms with Gasteiger partial charge in [0.15, 0.2) is 0 Å². The lowest BCUT2D eigenvalue weighted by molar-refractivity contribution is -0.143. The highest BCUT2D eigenvalue weighted by atomic mass is 16.5. The molecule has 3 aromatic rings. The summed E-state index contributed by atoms with van der Waals surface area (Å²) in [5.41, 5.74) is 3.07.